The summed E-state index contributed by atoms with van der Waals surface area (Å²) in [6.07, 6.45) is 0.758. The third-order valence-corrected chi connectivity index (χ3v) is 5.25. The summed E-state index contributed by atoms with van der Waals surface area (Å²) in [5.41, 5.74) is 2.12. The first-order valence-corrected chi connectivity index (χ1v) is 10.5. The highest BCUT2D eigenvalue weighted by Gasteiger charge is 2.13. The summed E-state index contributed by atoms with van der Waals surface area (Å²) in [6.45, 7) is 0.936. The van der Waals surface area contributed by atoms with Crippen LogP contribution in [0.15, 0.2) is 53.3 Å². The minimum Gasteiger partial charge on any atom is -0.493 e. The zero-order valence-corrected chi connectivity index (χ0v) is 18.5. The number of hydrogen-bond donors (Lipinski definition) is 1. The molecule has 3 aromatic rings. The molecule has 33 heavy (non-hydrogen) atoms. The van der Waals surface area contributed by atoms with Crippen molar-refractivity contribution < 1.29 is 23.7 Å². The molecule has 2 heterocycles. The van der Waals surface area contributed by atoms with E-state index in [-0.39, 0.29) is 24.7 Å². The Morgan fingerprint density at radius 2 is 1.85 bits per heavy atom. The lowest BCUT2D eigenvalue weighted by Gasteiger charge is -2.11. The first-order chi connectivity index (χ1) is 16.1. The van der Waals surface area contributed by atoms with Crippen LogP contribution in [0.3, 0.4) is 0 Å². The van der Waals surface area contributed by atoms with E-state index in [1.807, 2.05) is 24.3 Å². The lowest BCUT2D eigenvalue weighted by atomic mass is 10.1. The number of aryl methyl sites for hydroxylation is 1. The molecule has 9 nitrogen and oxygen atoms in total. The normalized spacial score (nSPS) is 11.8. The Bertz CT molecular complexity index is 1210. The predicted octanol–water partition coefficient (Wildman–Crippen LogP) is 2.75. The van der Waals surface area contributed by atoms with Crippen LogP contribution < -0.4 is 29.8 Å². The van der Waals surface area contributed by atoms with Crippen molar-refractivity contribution in [3.8, 4) is 34.3 Å². The number of hydrogen-bond acceptors (Lipinski definition) is 7. The Morgan fingerprint density at radius 1 is 1.03 bits per heavy atom. The molecule has 1 amide bonds. The van der Waals surface area contributed by atoms with E-state index < -0.39 is 0 Å². The number of amides is 1. The number of methoxy groups -OCH3 is 2. The monoisotopic (exact) mass is 451 g/mol. The fraction of sp³-hybridized carbons (Fsp3) is 0.292. The number of aromatic nitrogens is 2. The van der Waals surface area contributed by atoms with Crippen molar-refractivity contribution in [2.24, 2.45) is 0 Å². The molecule has 0 fully saturated rings. The highest BCUT2D eigenvalue weighted by atomic mass is 16.7. The predicted molar refractivity (Wildman–Crippen MR) is 121 cm³/mol. The summed E-state index contributed by atoms with van der Waals surface area (Å²) in [5.74, 6) is 2.48. The van der Waals surface area contributed by atoms with Crippen LogP contribution >= 0.6 is 0 Å². The van der Waals surface area contributed by atoms with Crippen LogP contribution in [0.25, 0.3) is 11.3 Å². The van der Waals surface area contributed by atoms with Gasteiger partial charge in [0.05, 0.1) is 19.9 Å². The van der Waals surface area contributed by atoms with Gasteiger partial charge in [0.1, 0.15) is 0 Å². The average Bonchev–Trinajstić information content (AvgIpc) is 3.31. The van der Waals surface area contributed by atoms with Crippen LogP contribution in [-0.2, 0) is 17.9 Å². The van der Waals surface area contributed by atoms with Crippen LogP contribution in [0.1, 0.15) is 18.4 Å². The molecule has 0 bridgehead atoms. The second-order valence-corrected chi connectivity index (χ2v) is 7.42. The van der Waals surface area contributed by atoms with E-state index in [0.717, 1.165) is 11.1 Å². The van der Waals surface area contributed by atoms with Crippen molar-refractivity contribution >= 4 is 5.91 Å². The number of nitrogens with one attached hydrogen (secondary N) is 1. The second-order valence-electron chi connectivity index (χ2n) is 7.42. The molecule has 9 heteroatoms. The zero-order chi connectivity index (χ0) is 23.2. The van der Waals surface area contributed by atoms with Crippen LogP contribution in [-0.4, -0.2) is 36.7 Å². The molecule has 172 valence electrons. The molecular weight excluding hydrogens is 426 g/mol. The molecule has 0 unspecified atom stereocenters. The Balaban J connectivity index is 1.33. The van der Waals surface area contributed by atoms with Gasteiger partial charge < -0.3 is 24.3 Å². The smallest absolute Gasteiger partial charge is 0.266 e. The van der Waals surface area contributed by atoms with Gasteiger partial charge in [0, 0.05) is 31.1 Å². The Kier molecular flexibility index (Phi) is 6.77. The zero-order valence-electron chi connectivity index (χ0n) is 18.5. The third kappa shape index (κ3) is 5.25. The summed E-state index contributed by atoms with van der Waals surface area (Å²) in [7, 11) is 3.13. The molecule has 0 atom stereocenters. The fourth-order valence-electron chi connectivity index (χ4n) is 3.49. The first-order valence-electron chi connectivity index (χ1n) is 10.5. The number of benzene rings is 2. The summed E-state index contributed by atoms with van der Waals surface area (Å²) < 4.78 is 22.6. The lowest BCUT2D eigenvalue weighted by Crippen LogP contribution is -2.25. The maximum absolute atomic E-state index is 12.2. The Hall–Kier alpha value is -4.01. The summed E-state index contributed by atoms with van der Waals surface area (Å²) in [6, 6.07) is 14.1. The van der Waals surface area contributed by atoms with E-state index in [2.05, 4.69) is 10.4 Å². The van der Waals surface area contributed by atoms with Crippen molar-refractivity contribution in [1.29, 1.82) is 0 Å². The van der Waals surface area contributed by atoms with Gasteiger partial charge >= 0.3 is 0 Å². The highest BCUT2D eigenvalue weighted by molar-refractivity contribution is 5.75. The van der Waals surface area contributed by atoms with Crippen molar-refractivity contribution in [3.63, 3.8) is 0 Å². The van der Waals surface area contributed by atoms with Gasteiger partial charge in [-0.15, -0.1) is 0 Å². The molecule has 0 saturated carbocycles. The number of ether oxygens (including phenoxy) is 4. The largest absolute Gasteiger partial charge is 0.493 e. The standard InChI is InChI=1S/C24H25N3O6/c1-30-19-9-6-17(13-21(19)31-2)18-7-10-24(29)27(26-18)11-3-4-23(28)25-14-16-5-8-20-22(12-16)33-15-32-20/h5-10,12-13H,3-4,11,14-15H2,1-2H3,(H,25,28). The summed E-state index contributed by atoms with van der Waals surface area (Å²) >= 11 is 0. The minimum atomic E-state index is -0.222. The van der Waals surface area contributed by atoms with Crippen molar-refractivity contribution in [1.82, 2.24) is 15.1 Å². The second kappa shape index (κ2) is 10.1. The molecule has 0 saturated heterocycles. The minimum absolute atomic E-state index is 0.100. The molecule has 0 spiro atoms. The van der Waals surface area contributed by atoms with E-state index >= 15 is 0 Å². The highest BCUT2D eigenvalue weighted by Crippen LogP contribution is 2.32. The van der Waals surface area contributed by atoms with Gasteiger partial charge in [-0.3, -0.25) is 9.59 Å². The molecular formula is C24H25N3O6. The molecule has 1 aliphatic rings. The van der Waals surface area contributed by atoms with Crippen molar-refractivity contribution in [2.45, 2.75) is 25.9 Å². The molecule has 2 aromatic carbocycles. The maximum atomic E-state index is 12.2. The van der Waals surface area contributed by atoms with Gasteiger partial charge in [0.2, 0.25) is 12.7 Å². The first kappa shape index (κ1) is 22.2. The van der Waals surface area contributed by atoms with E-state index in [9.17, 15) is 9.59 Å². The average molecular weight is 451 g/mol. The third-order valence-electron chi connectivity index (χ3n) is 5.25. The SMILES string of the molecule is COc1ccc(-c2ccc(=O)n(CCCC(=O)NCc3ccc4c(c3)OCO4)n2)cc1OC. The quantitative estimate of drug-likeness (QED) is 0.534. The number of carbonyl (C=O) groups is 1. The molecule has 0 aliphatic carbocycles. The van der Waals surface area contributed by atoms with Gasteiger partial charge in [-0.1, -0.05) is 6.07 Å². The summed E-state index contributed by atoms with van der Waals surface area (Å²) in [4.78, 5) is 24.5. The van der Waals surface area contributed by atoms with Crippen molar-refractivity contribution in [3.05, 3.63) is 64.4 Å². The Morgan fingerprint density at radius 3 is 2.67 bits per heavy atom. The molecule has 1 aliphatic heterocycles. The molecule has 1 N–H and O–H groups in total. The number of nitrogens with zero attached hydrogens (tertiary/aromatic N) is 2. The lowest BCUT2D eigenvalue weighted by molar-refractivity contribution is -0.121. The van der Waals surface area contributed by atoms with Crippen LogP contribution in [0.5, 0.6) is 23.0 Å². The maximum Gasteiger partial charge on any atom is 0.266 e. The van der Waals surface area contributed by atoms with Gasteiger partial charge in [0.25, 0.3) is 5.56 Å². The molecule has 1 aromatic heterocycles. The fourth-order valence-corrected chi connectivity index (χ4v) is 3.49. The van der Waals surface area contributed by atoms with E-state index in [1.54, 1.807) is 32.4 Å². The van der Waals surface area contributed by atoms with E-state index in [4.69, 9.17) is 18.9 Å². The molecule has 0 radical (unpaired) electrons. The van der Waals surface area contributed by atoms with Crippen LogP contribution in [0.4, 0.5) is 0 Å². The number of carbonyl (C=O) groups excluding carboxylic acids is 1. The van der Waals surface area contributed by atoms with Gasteiger partial charge in [0.15, 0.2) is 23.0 Å². The number of fused-ring (bicyclic) bond motifs is 1. The van der Waals surface area contributed by atoms with Crippen molar-refractivity contribution in [2.75, 3.05) is 21.0 Å². The van der Waals surface area contributed by atoms with Crippen LogP contribution in [0.2, 0.25) is 0 Å². The topological polar surface area (TPSA) is 101 Å². The Labute approximate surface area is 190 Å². The molecule has 4 rings (SSSR count). The van der Waals surface area contributed by atoms with Gasteiger partial charge in [-0.25, -0.2) is 4.68 Å². The van der Waals surface area contributed by atoms with E-state index in [1.165, 1.54) is 10.7 Å². The van der Waals surface area contributed by atoms with Gasteiger partial charge in [-0.05, 0) is 48.4 Å². The summed E-state index contributed by atoms with van der Waals surface area (Å²) in [5, 5.41) is 7.33. The number of rotatable bonds is 9. The van der Waals surface area contributed by atoms with Gasteiger partial charge in [-0.2, -0.15) is 5.10 Å². The van der Waals surface area contributed by atoms with Crippen LogP contribution in [0, 0.1) is 0 Å². The van der Waals surface area contributed by atoms with E-state index in [0.29, 0.717) is 48.2 Å².